The van der Waals surface area contributed by atoms with E-state index in [1.807, 2.05) is 32.9 Å². The molecule has 1 aromatic carbocycles. The zero-order chi connectivity index (χ0) is 16.5. The monoisotopic (exact) mass is 305 g/mol. The van der Waals surface area contributed by atoms with Crippen LogP contribution in [0.2, 0.25) is 0 Å². The number of amides is 1. The molecule has 120 valence electrons. The lowest BCUT2D eigenvalue weighted by Gasteiger charge is -2.38. The average molecular weight is 305 g/mol. The second-order valence-electron chi connectivity index (χ2n) is 6.75. The number of carboxylic acid groups (broad SMARTS) is 1. The highest BCUT2D eigenvalue weighted by molar-refractivity contribution is 5.97. The van der Waals surface area contributed by atoms with Crippen molar-refractivity contribution in [1.82, 2.24) is 4.90 Å². The van der Waals surface area contributed by atoms with Crippen LogP contribution in [0, 0.1) is 5.41 Å². The van der Waals surface area contributed by atoms with Crippen LogP contribution in [0.4, 0.5) is 4.79 Å². The molecule has 1 aliphatic rings. The Morgan fingerprint density at radius 1 is 1.41 bits per heavy atom. The van der Waals surface area contributed by atoms with E-state index < -0.39 is 6.09 Å². The van der Waals surface area contributed by atoms with Gasteiger partial charge in [-0.25, -0.2) is 4.79 Å². The zero-order valence-corrected chi connectivity index (χ0v) is 13.2. The van der Waals surface area contributed by atoms with Crippen molar-refractivity contribution in [2.24, 2.45) is 16.3 Å². The van der Waals surface area contributed by atoms with E-state index in [-0.39, 0.29) is 17.3 Å². The quantitative estimate of drug-likeness (QED) is 0.321. The molecule has 0 bridgehead atoms. The number of hydrogen-bond donors (Lipinski definition) is 3. The molecule has 0 aromatic heterocycles. The van der Waals surface area contributed by atoms with Gasteiger partial charge in [0.15, 0.2) is 5.84 Å². The van der Waals surface area contributed by atoms with E-state index in [1.54, 1.807) is 6.07 Å². The molecule has 2 rings (SSSR count). The normalized spacial score (nSPS) is 19.5. The third-order valence-corrected chi connectivity index (χ3v) is 4.06. The number of hydrogen-bond acceptors (Lipinski definition) is 3. The van der Waals surface area contributed by atoms with Crippen LogP contribution in [0.5, 0.6) is 0 Å². The number of rotatable bonds is 1. The summed E-state index contributed by atoms with van der Waals surface area (Å²) < 4.78 is 0. The first kappa shape index (κ1) is 16.1. The molecular weight excluding hydrogens is 282 g/mol. The predicted octanol–water partition coefficient (Wildman–Crippen LogP) is 2.79. The minimum Gasteiger partial charge on any atom is -0.465 e. The summed E-state index contributed by atoms with van der Waals surface area (Å²) >= 11 is 0. The topological polar surface area (TPSA) is 99.2 Å². The summed E-state index contributed by atoms with van der Waals surface area (Å²) in [6, 6.07) is 5.36. The van der Waals surface area contributed by atoms with Gasteiger partial charge in [-0.05, 0) is 35.4 Å². The Kier molecular flexibility index (Phi) is 4.30. The van der Waals surface area contributed by atoms with Crippen molar-refractivity contribution in [3.8, 4) is 0 Å². The third-order valence-electron chi connectivity index (χ3n) is 4.06. The molecule has 0 saturated heterocycles. The molecule has 1 amide bonds. The van der Waals surface area contributed by atoms with Crippen LogP contribution < -0.4 is 5.73 Å². The highest BCUT2D eigenvalue weighted by Gasteiger charge is 2.37. The molecule has 1 unspecified atom stereocenters. The molecule has 1 aliphatic heterocycles. The maximum atomic E-state index is 11.6. The predicted molar refractivity (Wildman–Crippen MR) is 84.2 cm³/mol. The van der Waals surface area contributed by atoms with Gasteiger partial charge in [0, 0.05) is 12.1 Å². The second-order valence-corrected chi connectivity index (χ2v) is 6.75. The van der Waals surface area contributed by atoms with Crippen molar-refractivity contribution in [3.05, 3.63) is 34.9 Å². The van der Waals surface area contributed by atoms with Gasteiger partial charge >= 0.3 is 6.09 Å². The van der Waals surface area contributed by atoms with Gasteiger partial charge in [-0.2, -0.15) is 0 Å². The molecule has 1 atom stereocenters. The van der Waals surface area contributed by atoms with Crippen molar-refractivity contribution in [2.75, 3.05) is 6.54 Å². The van der Waals surface area contributed by atoms with Crippen LogP contribution >= 0.6 is 0 Å². The molecule has 4 N–H and O–H groups in total. The summed E-state index contributed by atoms with van der Waals surface area (Å²) in [7, 11) is 0. The van der Waals surface area contributed by atoms with Crippen LogP contribution in [0.15, 0.2) is 23.4 Å². The zero-order valence-electron chi connectivity index (χ0n) is 13.2. The van der Waals surface area contributed by atoms with Gasteiger partial charge < -0.3 is 20.9 Å². The van der Waals surface area contributed by atoms with E-state index in [0.717, 1.165) is 24.0 Å². The largest absolute Gasteiger partial charge is 0.465 e. The number of nitrogens with zero attached hydrogens (tertiary/aromatic N) is 2. The van der Waals surface area contributed by atoms with Crippen LogP contribution in [0.1, 0.15) is 49.9 Å². The summed E-state index contributed by atoms with van der Waals surface area (Å²) in [6.07, 6.45) is 0.636. The Hall–Kier alpha value is -2.24. The van der Waals surface area contributed by atoms with Crippen LogP contribution in [-0.2, 0) is 6.42 Å². The molecule has 1 aromatic rings. The summed E-state index contributed by atoms with van der Waals surface area (Å²) in [5, 5.41) is 21.4. The summed E-state index contributed by atoms with van der Waals surface area (Å²) in [6.45, 7) is 6.63. The van der Waals surface area contributed by atoms with Crippen LogP contribution in [0.25, 0.3) is 0 Å². The number of oxime groups is 1. The summed E-state index contributed by atoms with van der Waals surface area (Å²) in [5.74, 6) is 0.0643. The van der Waals surface area contributed by atoms with Gasteiger partial charge in [0.2, 0.25) is 0 Å². The average Bonchev–Trinajstić information content (AvgIpc) is 2.64. The second kappa shape index (κ2) is 5.87. The van der Waals surface area contributed by atoms with Crippen molar-refractivity contribution in [3.63, 3.8) is 0 Å². The van der Waals surface area contributed by atoms with Gasteiger partial charge in [-0.1, -0.05) is 38.1 Å². The number of carbonyl (C=O) groups is 1. The Morgan fingerprint density at radius 2 is 2.09 bits per heavy atom. The van der Waals surface area contributed by atoms with Gasteiger partial charge in [0.05, 0.1) is 6.04 Å². The fourth-order valence-electron chi connectivity index (χ4n) is 3.18. The van der Waals surface area contributed by atoms with Crippen molar-refractivity contribution in [1.29, 1.82) is 0 Å². The van der Waals surface area contributed by atoms with Crippen molar-refractivity contribution in [2.45, 2.75) is 39.7 Å². The number of aryl methyl sites for hydroxylation is 1. The van der Waals surface area contributed by atoms with Gasteiger partial charge in [-0.3, -0.25) is 0 Å². The first-order valence-electron chi connectivity index (χ1n) is 7.36. The molecule has 1 heterocycles. The van der Waals surface area contributed by atoms with E-state index in [2.05, 4.69) is 5.16 Å². The Bertz CT molecular complexity index is 605. The standard InChI is InChI=1S/C16H23N3O3/c1-16(2,3)13-12-7-6-11(14(17)18-22)9-10(12)5-4-8-19(13)15(20)21/h6-7,9,13,22H,4-5,8H2,1-3H3,(H2,17,18)(H,20,21). The first-order valence-corrected chi connectivity index (χ1v) is 7.36. The molecular formula is C16H23N3O3. The van der Waals surface area contributed by atoms with Gasteiger partial charge in [0.1, 0.15) is 0 Å². The minimum atomic E-state index is -0.895. The molecule has 6 nitrogen and oxygen atoms in total. The third kappa shape index (κ3) is 3.00. The van der Waals surface area contributed by atoms with Crippen molar-refractivity contribution < 1.29 is 15.1 Å². The molecule has 0 spiro atoms. The molecule has 0 radical (unpaired) electrons. The van der Waals surface area contributed by atoms with Crippen LogP contribution in [0.3, 0.4) is 0 Å². The lowest BCUT2D eigenvalue weighted by atomic mass is 9.79. The molecule has 6 heteroatoms. The fraction of sp³-hybridized carbons (Fsp3) is 0.500. The molecule has 0 saturated carbocycles. The van der Waals surface area contributed by atoms with E-state index in [0.29, 0.717) is 12.1 Å². The number of fused-ring (bicyclic) bond motifs is 1. The SMILES string of the molecule is CC(C)(C)C1c2ccc(C(N)=NO)cc2CCCN1C(=O)O. The van der Waals surface area contributed by atoms with Crippen LogP contribution in [-0.4, -0.2) is 33.7 Å². The summed E-state index contributed by atoms with van der Waals surface area (Å²) in [4.78, 5) is 13.2. The smallest absolute Gasteiger partial charge is 0.407 e. The van der Waals surface area contributed by atoms with E-state index >= 15 is 0 Å². The van der Waals surface area contributed by atoms with Gasteiger partial charge in [-0.15, -0.1) is 0 Å². The number of amidine groups is 1. The Labute approximate surface area is 130 Å². The highest BCUT2D eigenvalue weighted by atomic mass is 16.4. The fourth-order valence-corrected chi connectivity index (χ4v) is 3.18. The first-order chi connectivity index (χ1) is 10.3. The lowest BCUT2D eigenvalue weighted by Crippen LogP contribution is -2.40. The lowest BCUT2D eigenvalue weighted by molar-refractivity contribution is 0.0837. The Morgan fingerprint density at radius 3 is 2.64 bits per heavy atom. The van der Waals surface area contributed by atoms with E-state index in [4.69, 9.17) is 10.9 Å². The maximum Gasteiger partial charge on any atom is 0.407 e. The summed E-state index contributed by atoms with van der Waals surface area (Å²) in [5.41, 5.74) is 8.15. The number of nitrogens with two attached hydrogens (primary N) is 1. The minimum absolute atomic E-state index is 0.0643. The van der Waals surface area contributed by atoms with Crippen molar-refractivity contribution >= 4 is 11.9 Å². The molecule has 22 heavy (non-hydrogen) atoms. The highest BCUT2D eigenvalue weighted by Crippen LogP contribution is 2.41. The maximum absolute atomic E-state index is 11.6. The van der Waals surface area contributed by atoms with E-state index in [1.165, 1.54) is 4.90 Å². The molecule has 0 aliphatic carbocycles. The molecule has 0 fully saturated rings. The number of benzene rings is 1. The Balaban J connectivity index is 2.57. The van der Waals surface area contributed by atoms with E-state index in [9.17, 15) is 9.90 Å². The van der Waals surface area contributed by atoms with Gasteiger partial charge in [0.25, 0.3) is 0 Å².